The van der Waals surface area contributed by atoms with Gasteiger partial charge in [-0.1, -0.05) is 24.3 Å². The highest BCUT2D eigenvalue weighted by Gasteiger charge is 2.39. The third-order valence-corrected chi connectivity index (χ3v) is 4.66. The Kier molecular flexibility index (Phi) is 3.21. The van der Waals surface area contributed by atoms with E-state index in [0.717, 1.165) is 22.6 Å². The van der Waals surface area contributed by atoms with E-state index in [2.05, 4.69) is 41.8 Å². The van der Waals surface area contributed by atoms with Crippen molar-refractivity contribution in [2.24, 2.45) is 0 Å². The molecule has 0 aliphatic heterocycles. The van der Waals surface area contributed by atoms with E-state index >= 15 is 0 Å². The van der Waals surface area contributed by atoms with Crippen molar-refractivity contribution < 1.29 is 0 Å². The van der Waals surface area contributed by atoms with Crippen molar-refractivity contribution in [3.05, 3.63) is 83.8 Å². The number of nitrogens with one attached hydrogen (secondary N) is 1. The summed E-state index contributed by atoms with van der Waals surface area (Å²) in [6.07, 6.45) is 10.0. The van der Waals surface area contributed by atoms with Crippen LogP contribution in [0.15, 0.2) is 61.2 Å². The van der Waals surface area contributed by atoms with Gasteiger partial charge in [-0.3, -0.25) is 15.1 Å². The van der Waals surface area contributed by atoms with Crippen molar-refractivity contribution in [3.63, 3.8) is 0 Å². The van der Waals surface area contributed by atoms with Crippen LogP contribution >= 0.6 is 0 Å². The monoisotopic (exact) mass is 342 g/mol. The molecule has 0 fully saturated rings. The van der Waals surface area contributed by atoms with Gasteiger partial charge in [0.1, 0.15) is 6.33 Å². The highest BCUT2D eigenvalue weighted by Crippen LogP contribution is 2.40. The molecule has 0 radical (unpaired) electrons. The maximum Gasteiger partial charge on any atom is 0.185 e. The van der Waals surface area contributed by atoms with E-state index in [1.807, 2.05) is 54.9 Å². The quantitative estimate of drug-likeness (QED) is 0.609. The van der Waals surface area contributed by atoms with E-state index in [9.17, 15) is 0 Å². The number of fused-ring (bicyclic) bond motifs is 1. The summed E-state index contributed by atoms with van der Waals surface area (Å²) >= 11 is 0. The molecule has 0 aromatic carbocycles. The lowest BCUT2D eigenvalue weighted by atomic mass is 9.73. The summed E-state index contributed by atoms with van der Waals surface area (Å²) in [6.45, 7) is 0. The van der Waals surface area contributed by atoms with Crippen LogP contribution in [0.1, 0.15) is 22.6 Å². The Morgan fingerprint density at radius 1 is 1.00 bits per heavy atom. The van der Waals surface area contributed by atoms with Gasteiger partial charge in [-0.05, 0) is 34.7 Å². The molecule has 8 heteroatoms. The van der Waals surface area contributed by atoms with Gasteiger partial charge in [0.05, 0.1) is 16.8 Å². The Bertz CT molecular complexity index is 1010. The van der Waals surface area contributed by atoms with Crippen LogP contribution in [0, 0.1) is 0 Å². The zero-order valence-electron chi connectivity index (χ0n) is 13.7. The molecule has 4 heterocycles. The number of hydrogen-bond acceptors (Lipinski definition) is 6. The Labute approximate surface area is 148 Å². The van der Waals surface area contributed by atoms with Crippen molar-refractivity contribution in [2.75, 3.05) is 0 Å². The van der Waals surface area contributed by atoms with Crippen molar-refractivity contribution in [3.8, 4) is 5.82 Å². The highest BCUT2D eigenvalue weighted by molar-refractivity contribution is 5.66. The van der Waals surface area contributed by atoms with Crippen molar-refractivity contribution in [1.29, 1.82) is 0 Å². The first-order chi connectivity index (χ1) is 12.9. The topological polar surface area (TPSA) is 98.1 Å². The molecule has 0 amide bonds. The van der Waals surface area contributed by atoms with Crippen LogP contribution in [0.4, 0.5) is 0 Å². The molecule has 5 rings (SSSR count). The third-order valence-electron chi connectivity index (χ3n) is 4.66. The highest BCUT2D eigenvalue weighted by atomic mass is 15.5. The fourth-order valence-electron chi connectivity index (χ4n) is 3.42. The minimum Gasteiger partial charge on any atom is -0.280 e. The van der Waals surface area contributed by atoms with Crippen LogP contribution < -0.4 is 0 Å². The number of H-pyrrole nitrogens is 1. The zero-order chi connectivity index (χ0) is 17.4. The molecular formula is C18H14N8. The van der Waals surface area contributed by atoms with E-state index < -0.39 is 5.41 Å². The lowest BCUT2D eigenvalue weighted by molar-refractivity contribution is 0.582. The fourth-order valence-corrected chi connectivity index (χ4v) is 3.42. The van der Waals surface area contributed by atoms with Crippen molar-refractivity contribution in [1.82, 2.24) is 40.4 Å². The van der Waals surface area contributed by atoms with E-state index in [1.165, 1.54) is 6.33 Å². The summed E-state index contributed by atoms with van der Waals surface area (Å²) in [5.41, 5.74) is 3.40. The molecule has 4 aromatic heterocycles. The maximum absolute atomic E-state index is 4.62. The number of aromatic amines is 1. The first-order valence-electron chi connectivity index (χ1n) is 8.20. The van der Waals surface area contributed by atoms with Crippen LogP contribution in [-0.2, 0) is 11.8 Å². The molecule has 0 saturated heterocycles. The molecule has 1 N–H and O–H groups in total. The van der Waals surface area contributed by atoms with Gasteiger partial charge < -0.3 is 0 Å². The second-order valence-corrected chi connectivity index (χ2v) is 6.11. The van der Waals surface area contributed by atoms with Gasteiger partial charge >= 0.3 is 0 Å². The summed E-state index contributed by atoms with van der Waals surface area (Å²) in [6, 6.07) is 11.9. The number of rotatable bonds is 3. The van der Waals surface area contributed by atoms with E-state index in [1.54, 1.807) is 4.68 Å². The minimum absolute atomic E-state index is 0.458. The fraction of sp³-hybridized carbons (Fsp3) is 0.111. The van der Waals surface area contributed by atoms with Crippen LogP contribution in [0.3, 0.4) is 0 Å². The Morgan fingerprint density at radius 2 is 1.77 bits per heavy atom. The number of nitrogens with zero attached hydrogens (tertiary/aromatic N) is 7. The number of tetrazole rings is 1. The van der Waals surface area contributed by atoms with E-state index in [0.29, 0.717) is 12.2 Å². The van der Waals surface area contributed by atoms with Crippen LogP contribution in [0.25, 0.3) is 11.9 Å². The molecular weight excluding hydrogens is 328 g/mol. The second-order valence-electron chi connectivity index (χ2n) is 6.11. The summed E-state index contributed by atoms with van der Waals surface area (Å²) in [5.74, 6) is 0.678. The van der Waals surface area contributed by atoms with Gasteiger partial charge in [0.15, 0.2) is 5.82 Å². The molecule has 1 aliphatic carbocycles. The van der Waals surface area contributed by atoms with Gasteiger partial charge in [0.25, 0.3) is 0 Å². The van der Waals surface area contributed by atoms with Gasteiger partial charge in [-0.25, -0.2) is 0 Å². The number of pyridine rings is 2. The molecule has 0 unspecified atom stereocenters. The van der Waals surface area contributed by atoms with Crippen molar-refractivity contribution >= 4 is 6.08 Å². The Morgan fingerprint density at radius 3 is 2.38 bits per heavy atom. The second kappa shape index (κ2) is 5.69. The number of hydrogen-bond donors (Lipinski definition) is 1. The van der Waals surface area contributed by atoms with Gasteiger partial charge in [0.2, 0.25) is 0 Å². The normalized spacial score (nSPS) is 14.9. The van der Waals surface area contributed by atoms with Gasteiger partial charge in [-0.2, -0.15) is 9.78 Å². The van der Waals surface area contributed by atoms with Crippen LogP contribution in [0.2, 0.25) is 0 Å². The Hall–Kier alpha value is -3.68. The first kappa shape index (κ1) is 14.6. The molecule has 8 nitrogen and oxygen atoms in total. The molecule has 0 bridgehead atoms. The Balaban J connectivity index is 1.67. The van der Waals surface area contributed by atoms with E-state index in [-0.39, 0.29) is 0 Å². The molecule has 0 saturated carbocycles. The van der Waals surface area contributed by atoms with Crippen LogP contribution in [-0.4, -0.2) is 40.4 Å². The molecule has 126 valence electrons. The lowest BCUT2D eigenvalue weighted by Crippen LogP contribution is -2.32. The molecule has 26 heavy (non-hydrogen) atoms. The minimum atomic E-state index is -0.458. The predicted octanol–water partition coefficient (Wildman–Crippen LogP) is 1.73. The molecule has 0 spiro atoms. The summed E-state index contributed by atoms with van der Waals surface area (Å²) in [7, 11) is 0. The first-order valence-corrected chi connectivity index (χ1v) is 8.20. The standard InChI is InChI=1S/C18H14N8/c1-3-9-19-15(5-1)18(16-6-2-4-10-20-16)8-7-13-14(11-18)22-23-17(13)26-12-21-24-25-26/h1-10,12H,11H2,(H,22,23). The SMILES string of the molecule is C1=CC(c2ccccn2)(c2ccccn2)Cc2[nH]nc(-n3cnnn3)c21. The average Bonchev–Trinajstić information content (AvgIpc) is 3.38. The number of aromatic nitrogens is 8. The smallest absolute Gasteiger partial charge is 0.185 e. The van der Waals surface area contributed by atoms with Gasteiger partial charge in [0, 0.05) is 30.1 Å². The molecule has 1 aliphatic rings. The number of allylic oxidation sites excluding steroid dienone is 1. The molecule has 0 atom stereocenters. The largest absolute Gasteiger partial charge is 0.280 e. The molecule has 4 aromatic rings. The van der Waals surface area contributed by atoms with Crippen molar-refractivity contribution in [2.45, 2.75) is 11.8 Å². The lowest BCUT2D eigenvalue weighted by Gasteiger charge is -2.32. The summed E-state index contributed by atoms with van der Waals surface area (Å²) in [4.78, 5) is 9.23. The van der Waals surface area contributed by atoms with Gasteiger partial charge in [-0.15, -0.1) is 5.10 Å². The third kappa shape index (κ3) is 2.16. The predicted molar refractivity (Wildman–Crippen MR) is 93.3 cm³/mol. The summed E-state index contributed by atoms with van der Waals surface area (Å²) < 4.78 is 1.55. The van der Waals surface area contributed by atoms with E-state index in [4.69, 9.17) is 0 Å². The summed E-state index contributed by atoms with van der Waals surface area (Å²) in [5, 5.41) is 18.8. The van der Waals surface area contributed by atoms with Crippen LogP contribution in [0.5, 0.6) is 0 Å². The average molecular weight is 342 g/mol. The zero-order valence-corrected chi connectivity index (χ0v) is 13.7. The maximum atomic E-state index is 4.62.